The number of benzene rings is 2. The van der Waals surface area contributed by atoms with E-state index >= 15 is 0 Å². The second kappa shape index (κ2) is 6.69. The molecule has 0 aromatic heterocycles. The number of phenols is 1. The van der Waals surface area contributed by atoms with E-state index in [4.69, 9.17) is 4.74 Å². The van der Waals surface area contributed by atoms with Crippen LogP contribution in [0.5, 0.6) is 11.5 Å². The van der Waals surface area contributed by atoms with Crippen molar-refractivity contribution in [3.63, 3.8) is 0 Å². The zero-order valence-electron chi connectivity index (χ0n) is 12.0. The largest absolute Gasteiger partial charge is 0.502 e. The van der Waals surface area contributed by atoms with Crippen molar-refractivity contribution in [3.8, 4) is 11.5 Å². The molecule has 2 aromatic rings. The van der Waals surface area contributed by atoms with Crippen molar-refractivity contribution in [2.75, 3.05) is 7.11 Å². The number of nitro benzene ring substituents is 1. The second-order valence-electron chi connectivity index (χ2n) is 4.55. The van der Waals surface area contributed by atoms with Gasteiger partial charge in [0.05, 0.1) is 12.0 Å². The molecule has 118 valence electrons. The van der Waals surface area contributed by atoms with E-state index in [1.807, 2.05) is 0 Å². The number of halogens is 1. The number of carbonyl (C=O) groups is 1. The Morgan fingerprint density at radius 1 is 1.30 bits per heavy atom. The molecule has 0 saturated heterocycles. The number of hydrogen-bond donors (Lipinski definition) is 1. The first kappa shape index (κ1) is 16.2. The normalized spacial score (nSPS) is 10.7. The van der Waals surface area contributed by atoms with Gasteiger partial charge < -0.3 is 9.84 Å². The minimum atomic E-state index is -0.729. The van der Waals surface area contributed by atoms with Crippen molar-refractivity contribution in [3.05, 3.63) is 69.5 Å². The van der Waals surface area contributed by atoms with Crippen LogP contribution in [-0.4, -0.2) is 22.9 Å². The Morgan fingerprint density at radius 2 is 2.04 bits per heavy atom. The monoisotopic (exact) mass is 317 g/mol. The Morgan fingerprint density at radius 3 is 2.65 bits per heavy atom. The van der Waals surface area contributed by atoms with Gasteiger partial charge in [0.2, 0.25) is 0 Å². The number of ether oxygens (including phenoxy) is 1. The van der Waals surface area contributed by atoms with Gasteiger partial charge in [-0.2, -0.15) is 0 Å². The third-order valence-corrected chi connectivity index (χ3v) is 3.06. The average molecular weight is 317 g/mol. The number of hydrogen-bond acceptors (Lipinski definition) is 5. The molecule has 0 atom stereocenters. The summed E-state index contributed by atoms with van der Waals surface area (Å²) in [6.45, 7) is 0. The zero-order chi connectivity index (χ0) is 17.0. The average Bonchev–Trinajstić information content (AvgIpc) is 2.53. The van der Waals surface area contributed by atoms with Crippen LogP contribution < -0.4 is 4.74 Å². The highest BCUT2D eigenvalue weighted by Gasteiger charge is 2.13. The summed E-state index contributed by atoms with van der Waals surface area (Å²) in [7, 11) is 1.32. The lowest BCUT2D eigenvalue weighted by molar-refractivity contribution is -0.385. The smallest absolute Gasteiger partial charge is 0.311 e. The van der Waals surface area contributed by atoms with Gasteiger partial charge in [0, 0.05) is 11.6 Å². The van der Waals surface area contributed by atoms with E-state index in [9.17, 15) is 24.4 Å². The maximum atomic E-state index is 13.6. The second-order valence-corrected chi connectivity index (χ2v) is 4.55. The first-order valence-corrected chi connectivity index (χ1v) is 6.45. The molecule has 0 fully saturated rings. The molecule has 23 heavy (non-hydrogen) atoms. The third-order valence-electron chi connectivity index (χ3n) is 3.06. The first-order chi connectivity index (χ1) is 10.9. The van der Waals surface area contributed by atoms with Crippen molar-refractivity contribution in [2.24, 2.45) is 0 Å². The van der Waals surface area contributed by atoms with Crippen LogP contribution >= 0.6 is 0 Å². The summed E-state index contributed by atoms with van der Waals surface area (Å²) < 4.78 is 18.3. The molecule has 6 nitrogen and oxygen atoms in total. The topological polar surface area (TPSA) is 89.7 Å². The lowest BCUT2D eigenvalue weighted by atomic mass is 10.1. The summed E-state index contributed by atoms with van der Waals surface area (Å²) in [5.74, 6) is -1.57. The summed E-state index contributed by atoms with van der Waals surface area (Å²) in [6.07, 6.45) is 2.51. The summed E-state index contributed by atoms with van der Waals surface area (Å²) in [6, 6.07) is 7.50. The number of nitro groups is 1. The van der Waals surface area contributed by atoms with Crippen molar-refractivity contribution < 1.29 is 24.0 Å². The van der Waals surface area contributed by atoms with Crippen LogP contribution in [0, 0.1) is 15.9 Å². The van der Waals surface area contributed by atoms with Gasteiger partial charge in [-0.1, -0.05) is 12.1 Å². The molecule has 0 aliphatic carbocycles. The predicted molar refractivity (Wildman–Crippen MR) is 81.1 cm³/mol. The molecular weight excluding hydrogens is 305 g/mol. The highest BCUT2D eigenvalue weighted by atomic mass is 19.1. The predicted octanol–water partition coefficient (Wildman–Crippen LogP) is 3.34. The summed E-state index contributed by atoms with van der Waals surface area (Å²) in [4.78, 5) is 22.0. The maximum Gasteiger partial charge on any atom is 0.311 e. The van der Waals surface area contributed by atoms with Gasteiger partial charge in [-0.05, 0) is 35.9 Å². The fourth-order valence-corrected chi connectivity index (χ4v) is 1.88. The van der Waals surface area contributed by atoms with Crippen LogP contribution in [0.15, 0.2) is 42.5 Å². The number of carbonyl (C=O) groups excluding carboxylic acids is 1. The number of rotatable bonds is 5. The SMILES string of the molecule is COc1ccc(C(=O)/C=C/c2ccc(O)c([N+](=O)[O-])c2)cc1F. The van der Waals surface area contributed by atoms with E-state index in [1.54, 1.807) is 0 Å². The van der Waals surface area contributed by atoms with Crippen molar-refractivity contribution in [2.45, 2.75) is 0 Å². The molecule has 0 heterocycles. The fraction of sp³-hybridized carbons (Fsp3) is 0.0625. The number of allylic oxidation sites excluding steroid dienone is 1. The van der Waals surface area contributed by atoms with E-state index in [0.29, 0.717) is 5.56 Å². The molecule has 2 rings (SSSR count). The molecule has 0 aliphatic heterocycles. The van der Waals surface area contributed by atoms with Crippen LogP contribution in [0.2, 0.25) is 0 Å². The maximum absolute atomic E-state index is 13.6. The Kier molecular flexibility index (Phi) is 4.70. The number of ketones is 1. The molecule has 1 N–H and O–H groups in total. The van der Waals surface area contributed by atoms with Crippen LogP contribution in [0.4, 0.5) is 10.1 Å². The number of phenolic OH excluding ortho intramolecular Hbond substituents is 1. The van der Waals surface area contributed by atoms with E-state index < -0.39 is 28.0 Å². The van der Waals surface area contributed by atoms with Gasteiger partial charge in [-0.25, -0.2) is 4.39 Å². The van der Waals surface area contributed by atoms with Crippen LogP contribution in [0.1, 0.15) is 15.9 Å². The quantitative estimate of drug-likeness (QED) is 0.395. The minimum Gasteiger partial charge on any atom is -0.502 e. The Balaban J connectivity index is 2.23. The highest BCUT2D eigenvalue weighted by Crippen LogP contribution is 2.27. The van der Waals surface area contributed by atoms with E-state index in [0.717, 1.165) is 24.3 Å². The molecule has 2 aromatic carbocycles. The van der Waals surface area contributed by atoms with Gasteiger partial charge in [-0.15, -0.1) is 0 Å². The van der Waals surface area contributed by atoms with Gasteiger partial charge in [0.25, 0.3) is 0 Å². The Hall–Kier alpha value is -3.22. The molecule has 0 bridgehead atoms. The van der Waals surface area contributed by atoms with Crippen molar-refractivity contribution in [1.82, 2.24) is 0 Å². The van der Waals surface area contributed by atoms with Gasteiger partial charge >= 0.3 is 5.69 Å². The molecule has 0 saturated carbocycles. The Labute approximate surface area is 130 Å². The van der Waals surface area contributed by atoms with Gasteiger partial charge in [-0.3, -0.25) is 14.9 Å². The summed E-state index contributed by atoms with van der Waals surface area (Å²) in [5.41, 5.74) is 0.0137. The summed E-state index contributed by atoms with van der Waals surface area (Å²) in [5, 5.41) is 20.1. The lowest BCUT2D eigenvalue weighted by Gasteiger charge is -2.02. The standard InChI is InChI=1S/C16H12FNO5/c1-23-16-7-4-11(9-12(16)17)14(19)5-2-10-3-6-15(20)13(8-10)18(21)22/h2-9,20H,1H3/b5-2+. The molecule has 7 heteroatoms. The molecule has 0 unspecified atom stereocenters. The third kappa shape index (κ3) is 3.70. The van der Waals surface area contributed by atoms with E-state index in [2.05, 4.69) is 0 Å². The number of aromatic hydroxyl groups is 1. The fourth-order valence-electron chi connectivity index (χ4n) is 1.88. The highest BCUT2D eigenvalue weighted by molar-refractivity contribution is 6.06. The molecule has 0 aliphatic rings. The molecule has 0 spiro atoms. The van der Waals surface area contributed by atoms with Crippen molar-refractivity contribution >= 4 is 17.5 Å². The van der Waals surface area contributed by atoms with Crippen LogP contribution in [-0.2, 0) is 0 Å². The molecule has 0 amide bonds. The molecular formula is C16H12FNO5. The first-order valence-electron chi connectivity index (χ1n) is 6.45. The van der Waals surface area contributed by atoms with E-state index in [-0.39, 0.29) is 11.3 Å². The van der Waals surface area contributed by atoms with Crippen LogP contribution in [0.3, 0.4) is 0 Å². The van der Waals surface area contributed by atoms with Crippen LogP contribution in [0.25, 0.3) is 6.08 Å². The lowest BCUT2D eigenvalue weighted by Crippen LogP contribution is -1.97. The number of methoxy groups -OCH3 is 1. The zero-order valence-corrected chi connectivity index (χ0v) is 12.0. The van der Waals surface area contributed by atoms with Crippen molar-refractivity contribution in [1.29, 1.82) is 0 Å². The Bertz CT molecular complexity index is 801. The minimum absolute atomic E-state index is 0.0275. The van der Waals surface area contributed by atoms with Gasteiger partial charge in [0.1, 0.15) is 0 Å². The summed E-state index contributed by atoms with van der Waals surface area (Å²) >= 11 is 0. The number of nitrogens with zero attached hydrogens (tertiary/aromatic N) is 1. The van der Waals surface area contributed by atoms with E-state index in [1.165, 1.54) is 31.4 Å². The molecule has 0 radical (unpaired) electrons. The van der Waals surface area contributed by atoms with Gasteiger partial charge in [0.15, 0.2) is 23.1 Å².